The summed E-state index contributed by atoms with van der Waals surface area (Å²) in [7, 11) is -2.21. The summed E-state index contributed by atoms with van der Waals surface area (Å²) >= 11 is 0. The average Bonchev–Trinajstić information content (AvgIpc) is 3.17. The van der Waals surface area contributed by atoms with Gasteiger partial charge in [0.1, 0.15) is 0 Å². The van der Waals surface area contributed by atoms with Gasteiger partial charge in [-0.25, -0.2) is 4.79 Å². The fraction of sp³-hybridized carbons (Fsp3) is 0.345. The Kier molecular flexibility index (Phi) is 12.3. The Morgan fingerprint density at radius 3 is 1.73 bits per heavy atom. The molecule has 8 heteroatoms. The van der Waals surface area contributed by atoms with Gasteiger partial charge in [0.15, 0.2) is 5.54 Å². The van der Waals surface area contributed by atoms with E-state index in [9.17, 15) is 4.79 Å². The predicted molar refractivity (Wildman–Crippen MR) is 155 cm³/mol. The minimum absolute atomic E-state index is 0. The van der Waals surface area contributed by atoms with Gasteiger partial charge in [-0.15, -0.1) is 0 Å². The molecule has 0 spiro atoms. The van der Waals surface area contributed by atoms with Gasteiger partial charge < -0.3 is 9.38 Å². The number of aliphatic imine (C=N–C) groups is 1. The molecule has 4 rings (SSSR count). The number of esters is 1. The van der Waals surface area contributed by atoms with E-state index in [4.69, 9.17) is 14.4 Å². The van der Waals surface area contributed by atoms with Crippen molar-refractivity contribution >= 4 is 28.2 Å². The molecule has 0 aliphatic carbocycles. The largest absolute Gasteiger partial charge is 1.00 e. The van der Waals surface area contributed by atoms with E-state index in [-0.39, 0.29) is 57.4 Å². The van der Waals surface area contributed by atoms with Crippen LogP contribution in [0.5, 0.6) is 0 Å². The average molecular weight is 556 g/mol. The normalized spacial score (nSPS) is 17.1. The number of hydrogen-bond donors (Lipinski definition) is 0. The topological polar surface area (TPSA) is 65.7 Å². The molecular formula is C29H38KN3O2Si2. The van der Waals surface area contributed by atoms with Crippen LogP contribution in [-0.2, 0) is 16.0 Å². The number of carbonyl (C=O) groups excluding carboxylic acids is 1. The van der Waals surface area contributed by atoms with Crippen LogP contribution in [0.15, 0.2) is 90.2 Å². The molecule has 0 amide bonds. The first-order valence-electron chi connectivity index (χ1n) is 12.5. The molecule has 37 heavy (non-hydrogen) atoms. The van der Waals surface area contributed by atoms with Crippen molar-refractivity contribution in [1.29, 1.82) is 0 Å². The van der Waals surface area contributed by atoms with E-state index in [1.165, 1.54) is 0 Å². The predicted octanol–water partition coefficient (Wildman–Crippen LogP) is 3.88. The number of rotatable bonds is 7. The second-order valence-electron chi connectivity index (χ2n) is 11.1. The molecule has 0 saturated carbocycles. The van der Waals surface area contributed by atoms with E-state index in [0.717, 1.165) is 22.4 Å². The Morgan fingerprint density at radius 2 is 1.35 bits per heavy atom. The van der Waals surface area contributed by atoms with Crippen molar-refractivity contribution in [3.63, 3.8) is 0 Å². The third-order valence-corrected chi connectivity index (χ3v) is 10.8. The monoisotopic (exact) mass is 555 g/mol. The summed E-state index contributed by atoms with van der Waals surface area (Å²) in [4.78, 5) is 21.9. The van der Waals surface area contributed by atoms with Crippen LogP contribution in [0.4, 0.5) is 0 Å². The van der Waals surface area contributed by atoms with Crippen molar-refractivity contribution in [2.45, 2.75) is 57.7 Å². The summed E-state index contributed by atoms with van der Waals surface area (Å²) in [5.41, 5.74) is 2.88. The first-order chi connectivity index (χ1) is 17.0. The van der Waals surface area contributed by atoms with Crippen LogP contribution in [0, 0.1) is 0 Å². The molecule has 2 heterocycles. The molecule has 1 aliphatic rings. The van der Waals surface area contributed by atoms with Crippen molar-refractivity contribution < 1.29 is 60.9 Å². The van der Waals surface area contributed by atoms with E-state index in [0.29, 0.717) is 19.4 Å². The fourth-order valence-corrected chi connectivity index (χ4v) is 12.4. The summed E-state index contributed by atoms with van der Waals surface area (Å²) < 4.78 is 10.2. The molecule has 0 bridgehead atoms. The number of aromatic nitrogens is 1. The van der Waals surface area contributed by atoms with Crippen LogP contribution >= 0.6 is 0 Å². The zero-order valence-electron chi connectivity index (χ0n) is 23.4. The van der Waals surface area contributed by atoms with Crippen molar-refractivity contribution in [1.82, 2.24) is 4.98 Å². The fourth-order valence-electron chi connectivity index (χ4n) is 4.40. The minimum Gasteiger partial charge on any atom is -0.668 e. The number of ether oxygens (including phenoxy) is 1. The summed E-state index contributed by atoms with van der Waals surface area (Å²) in [5, 5.41) is 0. The first kappa shape index (κ1) is 32.0. The van der Waals surface area contributed by atoms with Crippen LogP contribution in [0.25, 0.3) is 4.65 Å². The van der Waals surface area contributed by atoms with Gasteiger partial charge in [0.05, 0.1) is 12.3 Å². The van der Waals surface area contributed by atoms with Crippen LogP contribution < -0.4 is 51.4 Å². The van der Waals surface area contributed by atoms with Crippen LogP contribution in [-0.4, -0.2) is 45.3 Å². The molecule has 2 aromatic carbocycles. The van der Waals surface area contributed by atoms with Crippen molar-refractivity contribution in [2.75, 3.05) is 6.61 Å². The molecule has 1 aliphatic heterocycles. The zero-order chi connectivity index (χ0) is 26.2. The van der Waals surface area contributed by atoms with E-state index in [1.54, 1.807) is 12.4 Å². The Hall–Kier alpha value is -1.24. The smallest absolute Gasteiger partial charge is 0.668 e. The second kappa shape index (κ2) is 14.2. The van der Waals surface area contributed by atoms with Crippen molar-refractivity contribution in [2.24, 2.45) is 4.99 Å². The van der Waals surface area contributed by atoms with Gasteiger partial charge in [-0.3, -0.25) is 9.98 Å². The van der Waals surface area contributed by atoms with Gasteiger partial charge >= 0.3 is 57.4 Å². The summed E-state index contributed by atoms with van der Waals surface area (Å²) in [6.45, 7) is 14.2. The molecule has 1 atom stereocenters. The molecule has 1 unspecified atom stereocenters. The summed E-state index contributed by atoms with van der Waals surface area (Å²) in [6.07, 6.45) is 4.54. The standard InChI is InChI=1S/C23H20N2O2.C6H18NSi2.K/c26-22-23(13-16-27-22,17-18-11-14-24-15-12-18)25-21(19-7-3-1-4-8-19)20-9-5-2-6-10-20;1-8(2,3)7-9(4,5)6;/h1-12,14-15H,13,16-17H2;1-6H3;/q;-1;+1. The number of hydrogen-bond acceptors (Lipinski definition) is 4. The van der Waals surface area contributed by atoms with Crippen molar-refractivity contribution in [3.05, 3.63) is 107 Å². The molecule has 5 nitrogen and oxygen atoms in total. The summed E-state index contributed by atoms with van der Waals surface area (Å²) in [5.74, 6) is -0.260. The van der Waals surface area contributed by atoms with Gasteiger partial charge in [-0.2, -0.15) is 0 Å². The molecule has 190 valence electrons. The first-order valence-corrected chi connectivity index (χ1v) is 19.4. The number of benzene rings is 2. The Morgan fingerprint density at radius 1 is 0.865 bits per heavy atom. The quantitative estimate of drug-likeness (QED) is 0.252. The SMILES string of the molecule is C[Si](C)(C)[N-][Si](C)(C)C.O=C1OCCC1(Cc1ccncc1)N=C(c1ccccc1)c1ccccc1.[K+]. The molecular weight excluding hydrogens is 518 g/mol. The minimum atomic E-state index is -1.11. The van der Waals surface area contributed by atoms with Crippen LogP contribution in [0.3, 0.4) is 0 Å². The van der Waals surface area contributed by atoms with E-state index in [1.807, 2.05) is 72.8 Å². The van der Waals surface area contributed by atoms with E-state index in [2.05, 4.69) is 44.3 Å². The summed E-state index contributed by atoms with van der Waals surface area (Å²) in [6, 6.07) is 23.8. The van der Waals surface area contributed by atoms with Gasteiger partial charge in [0, 0.05) is 36.4 Å². The van der Waals surface area contributed by atoms with E-state index >= 15 is 0 Å². The number of nitrogens with zero attached hydrogens (tertiary/aromatic N) is 3. The molecule has 1 fully saturated rings. The maximum absolute atomic E-state index is 12.8. The molecule has 0 N–H and O–H groups in total. The third kappa shape index (κ3) is 10.4. The van der Waals surface area contributed by atoms with Gasteiger partial charge in [-0.1, -0.05) is 116 Å². The maximum atomic E-state index is 12.8. The Balaban J connectivity index is 0.000000416. The number of cyclic esters (lactones) is 1. The van der Waals surface area contributed by atoms with Gasteiger partial charge in [-0.05, 0) is 17.7 Å². The molecule has 3 aromatic rings. The van der Waals surface area contributed by atoms with Gasteiger partial charge in [0.25, 0.3) is 0 Å². The van der Waals surface area contributed by atoms with Crippen LogP contribution in [0.1, 0.15) is 23.1 Å². The zero-order valence-corrected chi connectivity index (χ0v) is 28.5. The Bertz CT molecular complexity index is 1100. The number of carbonyl (C=O) groups is 1. The second-order valence-corrected chi connectivity index (χ2v) is 20.7. The van der Waals surface area contributed by atoms with Crippen molar-refractivity contribution in [3.8, 4) is 0 Å². The maximum Gasteiger partial charge on any atom is 1.00 e. The van der Waals surface area contributed by atoms with Crippen LogP contribution in [0.2, 0.25) is 39.3 Å². The van der Waals surface area contributed by atoms with E-state index < -0.39 is 22.0 Å². The molecule has 0 radical (unpaired) electrons. The number of pyridine rings is 1. The third-order valence-electron chi connectivity index (χ3n) is 5.47. The molecule has 1 aromatic heterocycles. The molecule has 1 saturated heterocycles. The Labute approximate surface area is 267 Å². The van der Waals surface area contributed by atoms with Gasteiger partial charge in [0.2, 0.25) is 0 Å².